The van der Waals surface area contributed by atoms with Gasteiger partial charge in [-0.2, -0.15) is 24.9 Å². The first-order chi connectivity index (χ1) is 12.8. The zero-order valence-corrected chi connectivity index (χ0v) is 16.0. The molecule has 5 nitrogen and oxygen atoms in total. The highest BCUT2D eigenvalue weighted by Gasteiger charge is 2.33. The molecule has 2 amide bonds. The molecule has 1 fully saturated rings. The molecule has 1 atom stereocenters. The first kappa shape index (κ1) is 21.6. The van der Waals surface area contributed by atoms with Gasteiger partial charge in [0.2, 0.25) is 11.8 Å². The van der Waals surface area contributed by atoms with Crippen molar-refractivity contribution in [3.63, 3.8) is 0 Å². The maximum Gasteiger partial charge on any atom is 0.416 e. The lowest BCUT2D eigenvalue weighted by atomic mass is 10.0. The number of carbonyl (C=O) groups excluding carboxylic acids is 2. The number of hydrogen-bond acceptors (Lipinski definition) is 4. The third-order valence-corrected chi connectivity index (χ3v) is 5.00. The smallest absolute Gasteiger partial charge is 0.356 e. The van der Waals surface area contributed by atoms with E-state index in [0.717, 1.165) is 24.3 Å². The van der Waals surface area contributed by atoms with Crippen LogP contribution < -0.4 is 10.6 Å². The molecular formula is C18H24F3N3O2S. The van der Waals surface area contributed by atoms with Crippen LogP contribution in [0, 0.1) is 0 Å². The summed E-state index contributed by atoms with van der Waals surface area (Å²) in [5.41, 5.74) is -0.255. The molecule has 0 saturated carbocycles. The van der Waals surface area contributed by atoms with Crippen LogP contribution in [-0.2, 0) is 22.3 Å². The van der Waals surface area contributed by atoms with Crippen LogP contribution in [0.25, 0.3) is 0 Å². The highest BCUT2D eigenvalue weighted by molar-refractivity contribution is 7.98. The normalized spacial score (nSPS) is 18.2. The summed E-state index contributed by atoms with van der Waals surface area (Å²) in [6.45, 7) is 1.61. The molecule has 1 aliphatic heterocycles. The highest BCUT2D eigenvalue weighted by Crippen LogP contribution is 2.30. The van der Waals surface area contributed by atoms with E-state index < -0.39 is 17.8 Å². The fourth-order valence-electron chi connectivity index (χ4n) is 2.95. The molecule has 1 unspecified atom stereocenters. The molecule has 2 N–H and O–H groups in total. The van der Waals surface area contributed by atoms with Crippen molar-refractivity contribution in [1.82, 2.24) is 15.5 Å². The van der Waals surface area contributed by atoms with Crippen LogP contribution in [0.4, 0.5) is 13.2 Å². The van der Waals surface area contributed by atoms with Gasteiger partial charge >= 0.3 is 6.18 Å². The van der Waals surface area contributed by atoms with Gasteiger partial charge in [-0.3, -0.25) is 14.5 Å². The highest BCUT2D eigenvalue weighted by atomic mass is 32.2. The van der Waals surface area contributed by atoms with Crippen molar-refractivity contribution in [3.8, 4) is 0 Å². The van der Waals surface area contributed by atoms with E-state index in [2.05, 4.69) is 10.6 Å². The number of rotatable bonds is 8. The molecule has 0 aliphatic carbocycles. The standard InChI is InChI=1S/C18H24F3N3O2S/c1-27-9-3-6-22-16(25)11-15-17(26)23-7-8-24(15)12-13-4-2-5-14(10-13)18(19,20)21/h2,4-5,10,15H,3,6-9,11-12H2,1H3,(H,22,25)(H,23,26). The van der Waals surface area contributed by atoms with Crippen LogP contribution in [0.5, 0.6) is 0 Å². The van der Waals surface area contributed by atoms with Gasteiger partial charge in [-0.25, -0.2) is 0 Å². The van der Waals surface area contributed by atoms with Crippen LogP contribution in [0.1, 0.15) is 24.0 Å². The van der Waals surface area contributed by atoms with Crippen molar-refractivity contribution < 1.29 is 22.8 Å². The Labute approximate surface area is 161 Å². The number of piperazine rings is 1. The zero-order valence-electron chi connectivity index (χ0n) is 15.1. The molecule has 0 radical (unpaired) electrons. The second-order valence-corrected chi connectivity index (χ2v) is 7.36. The summed E-state index contributed by atoms with van der Waals surface area (Å²) >= 11 is 1.69. The molecule has 1 saturated heterocycles. The average molecular weight is 403 g/mol. The SMILES string of the molecule is CSCCCNC(=O)CC1C(=O)NCCN1Cc1cccc(C(F)(F)F)c1. The lowest BCUT2D eigenvalue weighted by molar-refractivity contribution is -0.137. The third-order valence-electron chi connectivity index (χ3n) is 4.31. The predicted molar refractivity (Wildman–Crippen MR) is 99.3 cm³/mol. The summed E-state index contributed by atoms with van der Waals surface area (Å²) in [6, 6.07) is 4.38. The molecule has 0 spiro atoms. The van der Waals surface area contributed by atoms with E-state index in [1.807, 2.05) is 6.26 Å². The van der Waals surface area contributed by atoms with Crippen molar-refractivity contribution in [1.29, 1.82) is 0 Å². The number of amides is 2. The number of hydrogen-bond donors (Lipinski definition) is 2. The summed E-state index contributed by atoms with van der Waals surface area (Å²) in [7, 11) is 0. The van der Waals surface area contributed by atoms with Gasteiger partial charge < -0.3 is 10.6 Å². The molecule has 27 heavy (non-hydrogen) atoms. The number of nitrogens with zero attached hydrogens (tertiary/aromatic N) is 1. The minimum Gasteiger partial charge on any atom is -0.356 e. The topological polar surface area (TPSA) is 61.4 Å². The second-order valence-electron chi connectivity index (χ2n) is 6.38. The predicted octanol–water partition coefficient (Wildman–Crippen LogP) is 2.27. The van der Waals surface area contributed by atoms with Crippen molar-refractivity contribution in [2.24, 2.45) is 0 Å². The van der Waals surface area contributed by atoms with Crippen LogP contribution in [-0.4, -0.2) is 54.4 Å². The minimum atomic E-state index is -4.41. The first-order valence-corrected chi connectivity index (χ1v) is 10.1. The molecule has 150 valence electrons. The fraction of sp³-hybridized carbons (Fsp3) is 0.556. The Hall–Kier alpha value is -1.74. The summed E-state index contributed by atoms with van der Waals surface area (Å²) in [4.78, 5) is 26.1. The molecule has 2 rings (SSSR count). The molecular weight excluding hydrogens is 379 g/mol. The second kappa shape index (κ2) is 9.98. The van der Waals surface area contributed by atoms with Crippen LogP contribution >= 0.6 is 11.8 Å². The van der Waals surface area contributed by atoms with Crippen LogP contribution in [0.15, 0.2) is 24.3 Å². The quantitative estimate of drug-likeness (QED) is 0.654. The number of benzene rings is 1. The molecule has 0 bridgehead atoms. The lowest BCUT2D eigenvalue weighted by Crippen LogP contribution is -2.56. The number of carbonyl (C=O) groups is 2. The van der Waals surface area contributed by atoms with Gasteiger partial charge in [0.15, 0.2) is 0 Å². The number of halogens is 3. The van der Waals surface area contributed by atoms with Gasteiger partial charge in [0.1, 0.15) is 0 Å². The van der Waals surface area contributed by atoms with E-state index >= 15 is 0 Å². The van der Waals surface area contributed by atoms with Gasteiger partial charge in [0.05, 0.1) is 18.0 Å². The van der Waals surface area contributed by atoms with Crippen LogP contribution in [0.3, 0.4) is 0 Å². The first-order valence-electron chi connectivity index (χ1n) is 8.75. The van der Waals surface area contributed by atoms with E-state index in [4.69, 9.17) is 0 Å². The van der Waals surface area contributed by atoms with Gasteiger partial charge in [-0.05, 0) is 30.1 Å². The summed E-state index contributed by atoms with van der Waals surface area (Å²) < 4.78 is 38.7. The maximum atomic E-state index is 12.9. The minimum absolute atomic E-state index is 0.00986. The molecule has 0 aromatic heterocycles. The van der Waals surface area contributed by atoms with Crippen molar-refractivity contribution in [2.75, 3.05) is 31.6 Å². The number of thioether (sulfide) groups is 1. The number of nitrogens with one attached hydrogen (secondary N) is 2. The van der Waals surface area contributed by atoms with E-state index in [1.54, 1.807) is 22.7 Å². The Morgan fingerprint density at radius 2 is 2.19 bits per heavy atom. The number of alkyl halides is 3. The summed E-state index contributed by atoms with van der Waals surface area (Å²) in [5.74, 6) is 0.436. The molecule has 1 heterocycles. The maximum absolute atomic E-state index is 12.9. The Bertz CT molecular complexity index is 655. The van der Waals surface area contributed by atoms with Crippen molar-refractivity contribution in [3.05, 3.63) is 35.4 Å². The van der Waals surface area contributed by atoms with E-state index in [0.29, 0.717) is 25.2 Å². The fourth-order valence-corrected chi connectivity index (χ4v) is 3.38. The Balaban J connectivity index is 2.01. The van der Waals surface area contributed by atoms with Gasteiger partial charge in [-0.15, -0.1) is 0 Å². The van der Waals surface area contributed by atoms with Gasteiger partial charge in [0, 0.05) is 26.2 Å². The Morgan fingerprint density at radius 3 is 2.89 bits per heavy atom. The Kier molecular flexibility index (Phi) is 7.97. The monoisotopic (exact) mass is 403 g/mol. The molecule has 1 aliphatic rings. The Morgan fingerprint density at radius 1 is 1.41 bits per heavy atom. The molecule has 9 heteroatoms. The van der Waals surface area contributed by atoms with Crippen LogP contribution in [0.2, 0.25) is 0 Å². The van der Waals surface area contributed by atoms with Gasteiger partial charge in [0.25, 0.3) is 0 Å². The largest absolute Gasteiger partial charge is 0.416 e. The van der Waals surface area contributed by atoms with Gasteiger partial charge in [-0.1, -0.05) is 18.2 Å². The zero-order chi connectivity index (χ0) is 19.9. The summed E-state index contributed by atoms with van der Waals surface area (Å²) in [5, 5.41) is 5.51. The average Bonchev–Trinajstić information content (AvgIpc) is 2.61. The van der Waals surface area contributed by atoms with E-state index in [9.17, 15) is 22.8 Å². The molecule has 1 aromatic rings. The van der Waals surface area contributed by atoms with E-state index in [-0.39, 0.29) is 24.8 Å². The lowest BCUT2D eigenvalue weighted by Gasteiger charge is -2.34. The molecule has 1 aromatic carbocycles. The summed E-state index contributed by atoms with van der Waals surface area (Å²) in [6.07, 6.45) is -1.59. The third kappa shape index (κ3) is 6.73. The van der Waals surface area contributed by atoms with Crippen molar-refractivity contribution >= 4 is 23.6 Å². The van der Waals surface area contributed by atoms with Crippen molar-refractivity contribution in [2.45, 2.75) is 31.6 Å². The van der Waals surface area contributed by atoms with E-state index in [1.165, 1.54) is 6.07 Å².